The second kappa shape index (κ2) is 9.64. The summed E-state index contributed by atoms with van der Waals surface area (Å²) in [6.45, 7) is 3.19. The van der Waals surface area contributed by atoms with Crippen LogP contribution < -0.4 is 5.32 Å². The van der Waals surface area contributed by atoms with Gasteiger partial charge in [-0.3, -0.25) is 14.4 Å². The molecule has 2 amide bonds. The number of aliphatic hydroxyl groups is 1. The van der Waals surface area contributed by atoms with E-state index in [0.29, 0.717) is 17.3 Å². The van der Waals surface area contributed by atoms with Gasteiger partial charge in [0.2, 0.25) is 5.91 Å². The number of carbonyl (C=O) groups excluding carboxylic acids is 3. The molecule has 0 saturated carbocycles. The van der Waals surface area contributed by atoms with Crippen molar-refractivity contribution in [1.82, 2.24) is 4.90 Å². The predicted octanol–water partition coefficient (Wildman–Crippen LogP) is 3.07. The van der Waals surface area contributed by atoms with Gasteiger partial charge < -0.3 is 15.3 Å². The first-order chi connectivity index (χ1) is 11.2. The van der Waals surface area contributed by atoms with Crippen LogP contribution in [0.15, 0.2) is 12.7 Å². The number of hydrogen-bond acceptors (Lipinski definition) is 4. The van der Waals surface area contributed by atoms with Crippen LogP contribution in [0, 0.1) is 10.7 Å². The third-order valence-electron chi connectivity index (χ3n) is 2.89. The fraction of sp³-hybridized carbons (Fsp3) is 0.214. The maximum absolute atomic E-state index is 12.7. The summed E-state index contributed by atoms with van der Waals surface area (Å²) in [4.78, 5) is 37.5. The van der Waals surface area contributed by atoms with E-state index in [9.17, 15) is 14.4 Å². The van der Waals surface area contributed by atoms with Crippen LogP contribution in [0.25, 0.3) is 0 Å². The molecule has 0 aromatic heterocycles. The third kappa shape index (κ3) is 4.80. The Morgan fingerprint density at radius 2 is 1.75 bits per heavy atom. The van der Waals surface area contributed by atoms with Crippen molar-refractivity contribution in [2.75, 3.05) is 25.5 Å². The summed E-state index contributed by atoms with van der Waals surface area (Å²) in [5.41, 5.74) is 0.676. The number of hydrogen-bond donors (Lipinski definition) is 2. The molecule has 6 nitrogen and oxygen atoms in total. The van der Waals surface area contributed by atoms with Gasteiger partial charge in [0.15, 0.2) is 0 Å². The van der Waals surface area contributed by atoms with Gasteiger partial charge in [0.25, 0.3) is 11.1 Å². The molecule has 0 atom stereocenters. The molecular formula is C14H12ClI3N2O4. The van der Waals surface area contributed by atoms with Crippen molar-refractivity contribution in [3.05, 3.63) is 34.5 Å². The van der Waals surface area contributed by atoms with E-state index < -0.39 is 17.8 Å². The predicted molar refractivity (Wildman–Crippen MR) is 118 cm³/mol. The molecule has 0 bridgehead atoms. The molecule has 0 aliphatic rings. The number of benzene rings is 1. The van der Waals surface area contributed by atoms with Crippen molar-refractivity contribution in [3.63, 3.8) is 0 Å². The van der Waals surface area contributed by atoms with Crippen molar-refractivity contribution < 1.29 is 19.5 Å². The summed E-state index contributed by atoms with van der Waals surface area (Å²) in [5.74, 6) is -0.989. The molecule has 0 unspecified atom stereocenters. The Labute approximate surface area is 184 Å². The Balaban J connectivity index is 3.69. The molecule has 1 rings (SSSR count). The van der Waals surface area contributed by atoms with Gasteiger partial charge in [-0.05, 0) is 79.4 Å². The number of rotatable bonds is 6. The van der Waals surface area contributed by atoms with Crippen LogP contribution in [0.5, 0.6) is 0 Å². The maximum Gasteiger partial charge on any atom is 0.256 e. The molecule has 0 fully saturated rings. The van der Waals surface area contributed by atoms with Crippen LogP contribution in [0.2, 0.25) is 0 Å². The van der Waals surface area contributed by atoms with Crippen molar-refractivity contribution in [3.8, 4) is 0 Å². The fourth-order valence-corrected chi connectivity index (χ4v) is 6.68. The van der Waals surface area contributed by atoms with Gasteiger partial charge in [-0.1, -0.05) is 6.08 Å². The average Bonchev–Trinajstić information content (AvgIpc) is 2.50. The quantitative estimate of drug-likeness (QED) is 0.274. The highest BCUT2D eigenvalue weighted by molar-refractivity contribution is 14.1. The lowest BCUT2D eigenvalue weighted by atomic mass is 10.1. The third-order valence-corrected chi connectivity index (χ3v) is 6.31. The summed E-state index contributed by atoms with van der Waals surface area (Å²) in [7, 11) is 1.60. The molecule has 2 N–H and O–H groups in total. The average molecular weight is 688 g/mol. The van der Waals surface area contributed by atoms with Gasteiger partial charge in [-0.25, -0.2) is 0 Å². The van der Waals surface area contributed by atoms with Gasteiger partial charge in [0, 0.05) is 17.2 Å². The highest BCUT2D eigenvalue weighted by Gasteiger charge is 2.28. The molecule has 1 aromatic rings. The zero-order chi connectivity index (χ0) is 18.6. The first kappa shape index (κ1) is 22.1. The van der Waals surface area contributed by atoms with Gasteiger partial charge in [0.1, 0.15) is 6.61 Å². The Morgan fingerprint density at radius 1 is 1.21 bits per heavy atom. The van der Waals surface area contributed by atoms with E-state index >= 15 is 0 Å². The monoisotopic (exact) mass is 688 g/mol. The molecule has 0 radical (unpaired) electrons. The Morgan fingerprint density at radius 3 is 2.21 bits per heavy atom. The van der Waals surface area contributed by atoms with Crippen LogP contribution in [-0.4, -0.2) is 47.3 Å². The van der Waals surface area contributed by atoms with E-state index in [1.165, 1.54) is 4.90 Å². The lowest BCUT2D eigenvalue weighted by Gasteiger charge is -2.21. The van der Waals surface area contributed by atoms with E-state index in [2.05, 4.69) is 11.9 Å². The van der Waals surface area contributed by atoms with E-state index in [0.717, 1.165) is 0 Å². The summed E-state index contributed by atoms with van der Waals surface area (Å²) in [6.07, 6.45) is 1.58. The normalized spacial score (nSPS) is 10.2. The highest BCUT2D eigenvalue weighted by Crippen LogP contribution is 2.36. The molecule has 0 heterocycles. The molecule has 0 aliphatic heterocycles. The number of likely N-dealkylation sites (N-methyl/N-ethyl adjacent to an activating group) is 1. The number of anilines is 1. The number of nitrogens with one attached hydrogen (secondary N) is 1. The lowest BCUT2D eigenvalue weighted by molar-refractivity contribution is -0.118. The number of amides is 2. The summed E-state index contributed by atoms with van der Waals surface area (Å²) in [5, 5.41) is 10.7. The molecule has 10 heteroatoms. The summed E-state index contributed by atoms with van der Waals surface area (Å²) >= 11 is 11.4. The van der Waals surface area contributed by atoms with E-state index in [4.69, 9.17) is 16.7 Å². The van der Waals surface area contributed by atoms with Crippen LogP contribution in [0.1, 0.15) is 20.7 Å². The van der Waals surface area contributed by atoms with Gasteiger partial charge in [0.05, 0.1) is 24.0 Å². The van der Waals surface area contributed by atoms with Gasteiger partial charge in [-0.15, -0.1) is 6.58 Å². The fourth-order valence-electron chi connectivity index (χ4n) is 1.78. The van der Waals surface area contributed by atoms with Crippen LogP contribution in [0.4, 0.5) is 5.69 Å². The minimum Gasteiger partial charge on any atom is -0.387 e. The second-order valence-electron chi connectivity index (χ2n) is 4.52. The van der Waals surface area contributed by atoms with Crippen molar-refractivity contribution >= 4 is 102 Å². The maximum atomic E-state index is 12.7. The molecule has 1 aromatic carbocycles. The van der Waals surface area contributed by atoms with Gasteiger partial charge in [-0.2, -0.15) is 0 Å². The summed E-state index contributed by atoms with van der Waals surface area (Å²) in [6, 6.07) is 0. The molecular weight excluding hydrogens is 676 g/mol. The number of aliphatic hydroxyl groups excluding tert-OH is 1. The van der Waals surface area contributed by atoms with Gasteiger partial charge >= 0.3 is 0 Å². The van der Waals surface area contributed by atoms with E-state index in [-0.39, 0.29) is 22.7 Å². The first-order valence-corrected chi connectivity index (χ1v) is 9.96. The Kier molecular flexibility index (Phi) is 8.85. The smallest absolute Gasteiger partial charge is 0.256 e. The standard InChI is InChI=1S/C14H12ClI3N2O4/c1-3-4-20(2)14(24)8-9(16)7(13(15)23)10(17)12(11(8)18)19-6(22)5-21/h3,21H,1,4-5H2,2H3,(H,19,22). The zero-order valence-electron chi connectivity index (χ0n) is 12.3. The topological polar surface area (TPSA) is 86.7 Å². The SMILES string of the molecule is C=CCN(C)C(=O)c1c(I)c(NC(=O)CO)c(I)c(C(=O)Cl)c1I. The van der Waals surface area contributed by atoms with Crippen molar-refractivity contribution in [2.24, 2.45) is 0 Å². The lowest BCUT2D eigenvalue weighted by Crippen LogP contribution is -2.30. The van der Waals surface area contributed by atoms with Crippen molar-refractivity contribution in [1.29, 1.82) is 0 Å². The van der Waals surface area contributed by atoms with Crippen LogP contribution in [-0.2, 0) is 4.79 Å². The number of carbonyl (C=O) groups is 3. The largest absolute Gasteiger partial charge is 0.387 e. The molecule has 0 saturated heterocycles. The minimum atomic E-state index is -0.736. The van der Waals surface area contributed by atoms with E-state index in [1.54, 1.807) is 13.1 Å². The highest BCUT2D eigenvalue weighted by atomic mass is 127. The van der Waals surface area contributed by atoms with Crippen molar-refractivity contribution in [2.45, 2.75) is 0 Å². The zero-order valence-corrected chi connectivity index (χ0v) is 19.6. The Bertz CT molecular complexity index is 725. The second-order valence-corrected chi connectivity index (χ2v) is 8.10. The molecule has 0 spiro atoms. The Hall–Kier alpha value is 0.01000. The van der Waals surface area contributed by atoms with E-state index in [1.807, 2.05) is 67.8 Å². The van der Waals surface area contributed by atoms with Crippen LogP contribution in [0.3, 0.4) is 0 Å². The minimum absolute atomic E-state index is 0.141. The first-order valence-electron chi connectivity index (χ1n) is 6.34. The molecule has 0 aliphatic carbocycles. The van der Waals surface area contributed by atoms with Crippen LogP contribution >= 0.6 is 79.4 Å². The molecule has 24 heavy (non-hydrogen) atoms. The number of halogens is 4. The number of nitrogens with zero attached hydrogens (tertiary/aromatic N) is 1. The molecule has 130 valence electrons. The summed E-state index contributed by atoms with van der Waals surface area (Å²) < 4.78 is 1.28.